The molecule has 0 saturated heterocycles. The molecule has 0 aliphatic heterocycles. The van der Waals surface area contributed by atoms with Crippen molar-refractivity contribution in [1.29, 1.82) is 0 Å². The van der Waals surface area contributed by atoms with Crippen LogP contribution >= 0.6 is 15.9 Å². The smallest absolute Gasteiger partial charge is 0.354 e. The number of halogens is 1. The van der Waals surface area contributed by atoms with Crippen LogP contribution in [0.15, 0.2) is 16.9 Å². The fourth-order valence-corrected chi connectivity index (χ4v) is 1.39. The Hall–Kier alpha value is -1.43. The van der Waals surface area contributed by atoms with Crippen molar-refractivity contribution in [2.75, 3.05) is 11.9 Å². The van der Waals surface area contributed by atoms with Crippen molar-refractivity contribution in [2.45, 2.75) is 6.92 Å². The second-order valence-corrected chi connectivity index (χ2v) is 3.48. The van der Waals surface area contributed by atoms with E-state index in [0.29, 0.717) is 0 Å². The Bertz CT molecular complexity index is 466. The monoisotopic (exact) mass is 287 g/mol. The number of ketones is 1. The van der Waals surface area contributed by atoms with Gasteiger partial charge in [-0.1, -0.05) is 15.9 Å². The normalized spacial score (nSPS) is 9.88. The topological polar surface area (TPSA) is 76.2 Å². The third kappa shape index (κ3) is 3.03. The lowest BCUT2D eigenvalue weighted by Crippen LogP contribution is -2.16. The molecule has 0 aliphatic carbocycles. The second-order valence-electron chi connectivity index (χ2n) is 2.92. The molecule has 0 atom stereocenters. The molecule has 0 bridgehead atoms. The maximum absolute atomic E-state index is 11.3. The van der Waals surface area contributed by atoms with Crippen LogP contribution in [-0.4, -0.2) is 28.7 Å². The second kappa shape index (κ2) is 5.60. The number of aromatic amines is 1. The van der Waals surface area contributed by atoms with Crippen molar-refractivity contribution >= 4 is 27.7 Å². The lowest BCUT2D eigenvalue weighted by atomic mass is 10.2. The number of hydrogen-bond acceptors (Lipinski definition) is 4. The number of nitrogens with one attached hydrogen (secondary N) is 1. The summed E-state index contributed by atoms with van der Waals surface area (Å²) in [4.78, 5) is 36.5. The Morgan fingerprint density at radius 3 is 2.56 bits per heavy atom. The van der Waals surface area contributed by atoms with E-state index in [2.05, 4.69) is 20.9 Å². The Morgan fingerprint density at radius 2 is 2.00 bits per heavy atom. The first-order chi connectivity index (χ1) is 7.58. The molecule has 6 heteroatoms. The Balaban J connectivity index is 3.13. The molecule has 0 spiro atoms. The summed E-state index contributed by atoms with van der Waals surface area (Å²) in [5.41, 5.74) is -0.336. The molecule has 1 N–H and O–H groups in total. The quantitative estimate of drug-likeness (QED) is 0.512. The predicted octanol–water partition coefficient (Wildman–Crippen LogP) is 1.13. The number of ether oxygens (including phenoxy) is 1. The van der Waals surface area contributed by atoms with Gasteiger partial charge in [0.1, 0.15) is 5.69 Å². The van der Waals surface area contributed by atoms with E-state index in [1.54, 1.807) is 6.92 Å². The van der Waals surface area contributed by atoms with Crippen LogP contribution in [0.2, 0.25) is 0 Å². The van der Waals surface area contributed by atoms with Crippen LogP contribution < -0.4 is 5.43 Å². The molecule has 1 aromatic heterocycles. The lowest BCUT2D eigenvalue weighted by molar-refractivity contribution is 0.0519. The van der Waals surface area contributed by atoms with Crippen molar-refractivity contribution in [3.8, 4) is 0 Å². The van der Waals surface area contributed by atoms with E-state index in [1.165, 1.54) is 0 Å². The minimum atomic E-state index is -0.649. The largest absolute Gasteiger partial charge is 0.461 e. The van der Waals surface area contributed by atoms with Crippen LogP contribution in [0.4, 0.5) is 0 Å². The van der Waals surface area contributed by atoms with Crippen LogP contribution in [-0.2, 0) is 4.74 Å². The molecule has 0 radical (unpaired) electrons. The highest BCUT2D eigenvalue weighted by Crippen LogP contribution is 2.01. The van der Waals surface area contributed by atoms with E-state index >= 15 is 0 Å². The summed E-state index contributed by atoms with van der Waals surface area (Å²) in [6.45, 7) is 1.86. The summed E-state index contributed by atoms with van der Waals surface area (Å²) in [5.74, 6) is -0.952. The highest BCUT2D eigenvalue weighted by Gasteiger charge is 2.12. The summed E-state index contributed by atoms with van der Waals surface area (Å²) in [6.07, 6.45) is 0. The zero-order valence-corrected chi connectivity index (χ0v) is 10.2. The molecule has 0 fully saturated rings. The molecule has 0 aromatic carbocycles. The van der Waals surface area contributed by atoms with E-state index in [-0.39, 0.29) is 29.1 Å². The number of aromatic nitrogens is 1. The number of hydrogen-bond donors (Lipinski definition) is 1. The van der Waals surface area contributed by atoms with Gasteiger partial charge in [-0.2, -0.15) is 0 Å². The molecule has 0 amide bonds. The predicted molar refractivity (Wildman–Crippen MR) is 61.1 cm³/mol. The summed E-state index contributed by atoms with van der Waals surface area (Å²) in [7, 11) is 0. The van der Waals surface area contributed by atoms with E-state index in [4.69, 9.17) is 4.74 Å². The number of pyridine rings is 1. The zero-order valence-electron chi connectivity index (χ0n) is 8.58. The van der Waals surface area contributed by atoms with Crippen molar-refractivity contribution < 1.29 is 14.3 Å². The number of carbonyl (C=O) groups is 2. The number of H-pyrrole nitrogens is 1. The molecule has 0 unspecified atom stereocenters. The highest BCUT2D eigenvalue weighted by molar-refractivity contribution is 9.09. The Labute approximate surface area is 99.9 Å². The first-order valence-corrected chi connectivity index (χ1v) is 5.71. The summed E-state index contributed by atoms with van der Waals surface area (Å²) in [6, 6.07) is 2.25. The Morgan fingerprint density at radius 1 is 1.38 bits per heavy atom. The van der Waals surface area contributed by atoms with Crippen molar-refractivity contribution in [3.63, 3.8) is 0 Å². The van der Waals surface area contributed by atoms with Gasteiger partial charge >= 0.3 is 5.97 Å². The maximum Gasteiger partial charge on any atom is 0.354 e. The standard InChI is InChI=1S/C10H10BrNO4/c1-2-16-10(15)8-4-6(13)3-7(12-8)9(14)5-11/h3-4H,2,5H2,1H3,(H,12,13). The van der Waals surface area contributed by atoms with Gasteiger partial charge in [-0.15, -0.1) is 0 Å². The average Bonchev–Trinajstić information content (AvgIpc) is 2.27. The molecular formula is C10H10BrNO4. The van der Waals surface area contributed by atoms with Crippen LogP contribution in [0.1, 0.15) is 27.9 Å². The maximum atomic E-state index is 11.3. The molecule has 16 heavy (non-hydrogen) atoms. The average molecular weight is 288 g/mol. The van der Waals surface area contributed by atoms with E-state index < -0.39 is 11.4 Å². The Kier molecular flexibility index (Phi) is 4.42. The van der Waals surface area contributed by atoms with Crippen LogP contribution in [0.25, 0.3) is 0 Å². The lowest BCUT2D eigenvalue weighted by Gasteiger charge is -2.03. The van der Waals surface area contributed by atoms with Crippen LogP contribution in [0, 0.1) is 0 Å². The van der Waals surface area contributed by atoms with Gasteiger partial charge in [0, 0.05) is 12.1 Å². The number of esters is 1. The van der Waals surface area contributed by atoms with Crippen LogP contribution in [0.5, 0.6) is 0 Å². The first kappa shape index (κ1) is 12.6. The minimum Gasteiger partial charge on any atom is -0.461 e. The fourth-order valence-electron chi connectivity index (χ4n) is 1.08. The van der Waals surface area contributed by atoms with Gasteiger partial charge in [-0.3, -0.25) is 9.59 Å². The molecular weight excluding hydrogens is 278 g/mol. The molecule has 1 rings (SSSR count). The number of Topliss-reactive ketones (excluding diaryl/α,β-unsaturated/α-hetero) is 1. The molecule has 0 saturated carbocycles. The van der Waals surface area contributed by atoms with Gasteiger partial charge in [0.25, 0.3) is 0 Å². The van der Waals surface area contributed by atoms with Crippen molar-refractivity contribution in [3.05, 3.63) is 33.7 Å². The molecule has 5 nitrogen and oxygen atoms in total. The summed E-state index contributed by atoms with van der Waals surface area (Å²) < 4.78 is 4.72. The number of alkyl halides is 1. The van der Waals surface area contributed by atoms with E-state index in [1.807, 2.05) is 0 Å². The third-order valence-corrected chi connectivity index (χ3v) is 2.27. The zero-order chi connectivity index (χ0) is 12.1. The van der Waals surface area contributed by atoms with Crippen molar-refractivity contribution in [2.24, 2.45) is 0 Å². The van der Waals surface area contributed by atoms with Gasteiger partial charge in [0.05, 0.1) is 17.6 Å². The van der Waals surface area contributed by atoms with E-state index in [0.717, 1.165) is 12.1 Å². The SMILES string of the molecule is CCOC(=O)c1cc(=O)cc(C(=O)CBr)[nH]1. The number of rotatable bonds is 4. The van der Waals surface area contributed by atoms with Gasteiger partial charge in [-0.25, -0.2) is 4.79 Å². The summed E-state index contributed by atoms with van der Waals surface area (Å²) >= 11 is 2.98. The van der Waals surface area contributed by atoms with Gasteiger partial charge in [-0.05, 0) is 6.92 Å². The molecule has 0 aliphatic rings. The molecule has 1 heterocycles. The summed E-state index contributed by atoms with van der Waals surface area (Å²) in [5, 5.41) is 0.0786. The third-order valence-electron chi connectivity index (χ3n) is 1.76. The van der Waals surface area contributed by atoms with Gasteiger partial charge < -0.3 is 9.72 Å². The van der Waals surface area contributed by atoms with Gasteiger partial charge in [0.2, 0.25) is 0 Å². The van der Waals surface area contributed by atoms with Crippen LogP contribution in [0.3, 0.4) is 0 Å². The molecule has 86 valence electrons. The van der Waals surface area contributed by atoms with Gasteiger partial charge in [0.15, 0.2) is 11.2 Å². The molecule has 1 aromatic rings. The number of carbonyl (C=O) groups excluding carboxylic acids is 2. The minimum absolute atomic E-state index is 0.0151. The highest BCUT2D eigenvalue weighted by atomic mass is 79.9. The fraction of sp³-hybridized carbons (Fsp3) is 0.300. The van der Waals surface area contributed by atoms with Crippen molar-refractivity contribution in [1.82, 2.24) is 4.98 Å². The van der Waals surface area contributed by atoms with E-state index in [9.17, 15) is 14.4 Å². The first-order valence-electron chi connectivity index (χ1n) is 4.59.